The van der Waals surface area contributed by atoms with E-state index in [0.717, 1.165) is 36.2 Å². The summed E-state index contributed by atoms with van der Waals surface area (Å²) in [5, 5.41) is 11.3. The third kappa shape index (κ3) is 35.8. The number of aromatic nitrogens is 3. The molecule has 0 saturated heterocycles. The number of amides is 1. The minimum atomic E-state index is -0.0770. The number of ketones is 1. The van der Waals surface area contributed by atoms with Crippen LogP contribution < -0.4 is 5.32 Å². The summed E-state index contributed by atoms with van der Waals surface area (Å²) in [5.74, 6) is 0.953. The molecule has 0 aliphatic heterocycles. The molecule has 18 heteroatoms. The Morgan fingerprint density at radius 2 is 0.862 bits per heavy atom. The quantitative estimate of drug-likeness (QED) is 0.0842. The number of anilines is 1. The standard InChI is InChI=1S/C47H82N4O14/c1-41(2)8-5-6-9-45(52)10-7-16-54-18-20-56-22-24-58-26-28-60-30-32-62-34-36-64-38-39-65-37-35-63-33-31-61-29-27-59-25-23-57-21-19-55-17-15-51-40-46(49-50-51)43-11-13-44(14-12-43)48-47(53)42(3)4/h11-14,40-42H,5-10,15-39H2,1-4H3,(H,48,53). The number of rotatable bonds is 48. The van der Waals surface area contributed by atoms with E-state index in [1.807, 2.05) is 44.3 Å². The average Bonchev–Trinajstić information content (AvgIpc) is 3.77. The Kier molecular flexibility index (Phi) is 37.9. The number of carbonyl (C=O) groups excluding carboxylic acids is 2. The van der Waals surface area contributed by atoms with Gasteiger partial charge in [-0.05, 0) is 30.9 Å². The summed E-state index contributed by atoms with van der Waals surface area (Å²) in [5.41, 5.74) is 2.42. The molecule has 1 heterocycles. The van der Waals surface area contributed by atoms with Crippen LogP contribution in [0.15, 0.2) is 30.5 Å². The Morgan fingerprint density at radius 1 is 0.492 bits per heavy atom. The number of hydrogen-bond donors (Lipinski definition) is 1. The molecule has 1 N–H and O–H groups in total. The predicted octanol–water partition coefficient (Wildman–Crippen LogP) is 5.30. The fourth-order valence-electron chi connectivity index (χ4n) is 5.60. The van der Waals surface area contributed by atoms with Crippen molar-refractivity contribution in [1.82, 2.24) is 15.0 Å². The number of unbranched alkanes of at least 4 members (excludes halogenated alkanes) is 1. The van der Waals surface area contributed by atoms with Crippen LogP contribution in [0.1, 0.15) is 66.2 Å². The van der Waals surface area contributed by atoms with Crippen molar-refractivity contribution in [2.45, 2.75) is 72.8 Å². The molecule has 0 unspecified atom stereocenters. The molecule has 0 bridgehead atoms. The lowest BCUT2D eigenvalue weighted by Crippen LogP contribution is -2.17. The highest BCUT2D eigenvalue weighted by Gasteiger charge is 2.09. The Labute approximate surface area is 388 Å². The molecule has 1 aromatic carbocycles. The second-order valence-corrected chi connectivity index (χ2v) is 15.7. The largest absolute Gasteiger partial charge is 0.379 e. The topological polar surface area (TPSA) is 188 Å². The molecule has 0 atom stereocenters. The van der Waals surface area contributed by atoms with Gasteiger partial charge in [0.2, 0.25) is 5.91 Å². The van der Waals surface area contributed by atoms with Gasteiger partial charge in [-0.2, -0.15) is 0 Å². The average molecular weight is 927 g/mol. The number of nitrogens with one attached hydrogen (secondary N) is 1. The second-order valence-electron chi connectivity index (χ2n) is 15.7. The third-order valence-corrected chi connectivity index (χ3v) is 9.30. The predicted molar refractivity (Wildman–Crippen MR) is 246 cm³/mol. The summed E-state index contributed by atoms with van der Waals surface area (Å²) in [6.45, 7) is 20.6. The number of Topliss-reactive ketones (excluding diaryl/α,β-unsaturated/α-hetero) is 1. The van der Waals surface area contributed by atoms with E-state index >= 15 is 0 Å². The van der Waals surface area contributed by atoms with Gasteiger partial charge in [-0.3, -0.25) is 9.59 Å². The lowest BCUT2D eigenvalue weighted by molar-refractivity contribution is -0.120. The molecule has 18 nitrogen and oxygen atoms in total. The van der Waals surface area contributed by atoms with E-state index in [9.17, 15) is 9.59 Å². The summed E-state index contributed by atoms with van der Waals surface area (Å²) in [4.78, 5) is 23.8. The molecule has 0 aliphatic carbocycles. The van der Waals surface area contributed by atoms with Crippen molar-refractivity contribution in [2.75, 3.05) is 164 Å². The van der Waals surface area contributed by atoms with Gasteiger partial charge < -0.3 is 62.2 Å². The summed E-state index contributed by atoms with van der Waals surface area (Å²) in [6.07, 6.45) is 7.27. The molecule has 65 heavy (non-hydrogen) atoms. The molecular weight excluding hydrogens is 845 g/mol. The smallest absolute Gasteiger partial charge is 0.226 e. The van der Waals surface area contributed by atoms with Crippen LogP contribution in [-0.2, 0) is 73.0 Å². The van der Waals surface area contributed by atoms with Gasteiger partial charge in [0, 0.05) is 36.6 Å². The molecule has 2 rings (SSSR count). The summed E-state index contributed by atoms with van der Waals surface area (Å²) >= 11 is 0. The SMILES string of the molecule is CC(C)CCCCC(=O)CCCOCCOCCOCCOCCOCCOCCOCCOCCOCCOCCOCCOCCn1cc(-c2ccc(NC(=O)C(C)C)cc2)nn1. The van der Waals surface area contributed by atoms with Crippen LogP contribution in [0.4, 0.5) is 5.69 Å². The van der Waals surface area contributed by atoms with Crippen LogP contribution in [0.3, 0.4) is 0 Å². The van der Waals surface area contributed by atoms with E-state index in [4.69, 9.17) is 56.8 Å². The van der Waals surface area contributed by atoms with E-state index in [1.54, 1.807) is 4.68 Å². The maximum Gasteiger partial charge on any atom is 0.226 e. The Morgan fingerprint density at radius 3 is 1.25 bits per heavy atom. The van der Waals surface area contributed by atoms with Crippen LogP contribution in [0.2, 0.25) is 0 Å². The van der Waals surface area contributed by atoms with Crippen molar-refractivity contribution in [3.63, 3.8) is 0 Å². The zero-order chi connectivity index (χ0) is 46.7. The van der Waals surface area contributed by atoms with Gasteiger partial charge in [0.05, 0.1) is 165 Å². The Hall–Kier alpha value is -2.98. The molecule has 0 spiro atoms. The van der Waals surface area contributed by atoms with Gasteiger partial charge in [0.15, 0.2) is 0 Å². The molecule has 1 amide bonds. The number of ether oxygens (including phenoxy) is 12. The van der Waals surface area contributed by atoms with Gasteiger partial charge in [0.1, 0.15) is 11.5 Å². The van der Waals surface area contributed by atoms with E-state index in [0.29, 0.717) is 190 Å². The number of benzene rings is 1. The molecule has 2 aromatic rings. The van der Waals surface area contributed by atoms with Crippen molar-refractivity contribution in [3.8, 4) is 11.3 Å². The first kappa shape index (κ1) is 58.1. The summed E-state index contributed by atoms with van der Waals surface area (Å²) < 4.78 is 68.2. The first-order valence-corrected chi connectivity index (χ1v) is 23.6. The van der Waals surface area contributed by atoms with E-state index in [1.165, 1.54) is 6.42 Å². The van der Waals surface area contributed by atoms with Gasteiger partial charge in [-0.25, -0.2) is 4.68 Å². The third-order valence-electron chi connectivity index (χ3n) is 9.30. The molecule has 0 fully saturated rings. The first-order valence-electron chi connectivity index (χ1n) is 23.6. The summed E-state index contributed by atoms with van der Waals surface area (Å²) in [6, 6.07) is 7.54. The first-order chi connectivity index (χ1) is 31.8. The van der Waals surface area contributed by atoms with Gasteiger partial charge >= 0.3 is 0 Å². The fourth-order valence-corrected chi connectivity index (χ4v) is 5.60. The zero-order valence-corrected chi connectivity index (χ0v) is 40.0. The second kappa shape index (κ2) is 42.4. The lowest BCUT2D eigenvalue weighted by Gasteiger charge is -2.09. The molecule has 0 radical (unpaired) electrons. The maximum atomic E-state index is 11.9. The highest BCUT2D eigenvalue weighted by Crippen LogP contribution is 2.19. The molecule has 0 saturated carbocycles. The maximum absolute atomic E-state index is 11.9. The fraction of sp³-hybridized carbons (Fsp3) is 0.787. The molecule has 374 valence electrons. The van der Waals surface area contributed by atoms with Crippen molar-refractivity contribution >= 4 is 17.4 Å². The van der Waals surface area contributed by atoms with Crippen molar-refractivity contribution in [3.05, 3.63) is 30.5 Å². The van der Waals surface area contributed by atoms with Gasteiger partial charge in [-0.15, -0.1) is 5.10 Å². The minimum Gasteiger partial charge on any atom is -0.379 e. The zero-order valence-electron chi connectivity index (χ0n) is 40.0. The van der Waals surface area contributed by atoms with Crippen molar-refractivity contribution in [1.29, 1.82) is 0 Å². The lowest BCUT2D eigenvalue weighted by atomic mass is 10.0. The Balaban J connectivity index is 1.18. The Bertz CT molecular complexity index is 1390. The minimum absolute atomic E-state index is 0.0173. The number of nitrogens with zero attached hydrogens (tertiary/aromatic N) is 3. The van der Waals surface area contributed by atoms with Crippen molar-refractivity contribution < 1.29 is 66.4 Å². The highest BCUT2D eigenvalue weighted by atomic mass is 16.6. The molecule has 0 aliphatic rings. The van der Waals surface area contributed by atoms with Gasteiger partial charge in [-0.1, -0.05) is 57.9 Å². The van der Waals surface area contributed by atoms with Crippen molar-refractivity contribution in [2.24, 2.45) is 11.8 Å². The van der Waals surface area contributed by atoms with E-state index in [2.05, 4.69) is 29.5 Å². The van der Waals surface area contributed by atoms with Crippen LogP contribution in [0.25, 0.3) is 11.3 Å². The number of carbonyl (C=O) groups is 2. The van der Waals surface area contributed by atoms with E-state index < -0.39 is 0 Å². The van der Waals surface area contributed by atoms with Crippen LogP contribution in [0, 0.1) is 11.8 Å². The van der Waals surface area contributed by atoms with Crippen LogP contribution >= 0.6 is 0 Å². The number of hydrogen-bond acceptors (Lipinski definition) is 16. The van der Waals surface area contributed by atoms with Crippen LogP contribution in [0.5, 0.6) is 0 Å². The van der Waals surface area contributed by atoms with E-state index in [-0.39, 0.29) is 11.8 Å². The summed E-state index contributed by atoms with van der Waals surface area (Å²) in [7, 11) is 0. The highest BCUT2D eigenvalue weighted by molar-refractivity contribution is 5.92. The normalized spacial score (nSPS) is 11.7. The molecule has 1 aromatic heterocycles. The van der Waals surface area contributed by atoms with Crippen LogP contribution in [-0.4, -0.2) is 185 Å². The molecular formula is C47H82N4O14. The van der Waals surface area contributed by atoms with Gasteiger partial charge in [0.25, 0.3) is 0 Å². The monoisotopic (exact) mass is 927 g/mol.